The van der Waals surface area contributed by atoms with Gasteiger partial charge in [-0.05, 0) is 42.5 Å². The summed E-state index contributed by atoms with van der Waals surface area (Å²) in [6.45, 7) is 3.12. The molecule has 8 heteroatoms. The molecule has 0 N–H and O–H groups in total. The zero-order valence-corrected chi connectivity index (χ0v) is 11.6. The van der Waals surface area contributed by atoms with E-state index in [1.54, 1.807) is 29.5 Å². The van der Waals surface area contributed by atoms with Crippen LogP contribution in [-0.4, -0.2) is 23.9 Å². The van der Waals surface area contributed by atoms with Crippen LogP contribution in [0.5, 0.6) is 5.88 Å². The molecular formula is C10H9F3INO3. The standard InChI is InChI=1S/C10H9F3INO3/c1-3-17-9(16)7-4-6(14)5(2)8(15-7)18-10(11,12)13/h4H,3H2,1-2H3. The molecule has 0 radical (unpaired) electrons. The molecule has 0 bridgehead atoms. The fourth-order valence-corrected chi connectivity index (χ4v) is 1.60. The van der Waals surface area contributed by atoms with Crippen molar-refractivity contribution in [2.45, 2.75) is 20.2 Å². The summed E-state index contributed by atoms with van der Waals surface area (Å²) < 4.78 is 45.3. The summed E-state index contributed by atoms with van der Waals surface area (Å²) in [4.78, 5) is 14.9. The molecule has 0 aliphatic rings. The zero-order chi connectivity index (χ0) is 13.9. The maximum Gasteiger partial charge on any atom is 0.574 e. The van der Waals surface area contributed by atoms with E-state index < -0.39 is 18.2 Å². The predicted molar refractivity (Wildman–Crippen MR) is 64.3 cm³/mol. The Kier molecular flexibility index (Phi) is 4.77. The maximum absolute atomic E-state index is 12.2. The van der Waals surface area contributed by atoms with Crippen molar-refractivity contribution in [2.24, 2.45) is 0 Å². The molecule has 0 unspecified atom stereocenters. The van der Waals surface area contributed by atoms with Gasteiger partial charge in [-0.3, -0.25) is 0 Å². The normalized spacial score (nSPS) is 11.2. The van der Waals surface area contributed by atoms with E-state index >= 15 is 0 Å². The minimum Gasteiger partial charge on any atom is -0.461 e. The number of nitrogens with zero attached hydrogens (tertiary/aromatic N) is 1. The average molecular weight is 375 g/mol. The third-order valence-corrected chi connectivity index (χ3v) is 2.98. The second kappa shape index (κ2) is 5.72. The number of alkyl halides is 3. The lowest BCUT2D eigenvalue weighted by atomic mass is 10.2. The van der Waals surface area contributed by atoms with Gasteiger partial charge in [-0.2, -0.15) is 0 Å². The number of carbonyl (C=O) groups is 1. The van der Waals surface area contributed by atoms with Crippen molar-refractivity contribution in [3.8, 4) is 5.88 Å². The maximum atomic E-state index is 12.2. The monoisotopic (exact) mass is 375 g/mol. The molecule has 18 heavy (non-hydrogen) atoms. The number of carbonyl (C=O) groups excluding carboxylic acids is 1. The number of esters is 1. The quantitative estimate of drug-likeness (QED) is 0.602. The van der Waals surface area contributed by atoms with Crippen LogP contribution < -0.4 is 4.74 Å². The van der Waals surface area contributed by atoms with Gasteiger partial charge in [-0.25, -0.2) is 9.78 Å². The molecule has 0 saturated carbocycles. The van der Waals surface area contributed by atoms with Gasteiger partial charge in [0.05, 0.1) is 6.61 Å². The number of hydrogen-bond acceptors (Lipinski definition) is 4. The Bertz CT molecular complexity index is 462. The molecule has 1 heterocycles. The zero-order valence-electron chi connectivity index (χ0n) is 9.47. The fraction of sp³-hybridized carbons (Fsp3) is 0.400. The van der Waals surface area contributed by atoms with Crippen molar-refractivity contribution >= 4 is 28.6 Å². The van der Waals surface area contributed by atoms with Crippen LogP contribution in [0.25, 0.3) is 0 Å². The number of hydrogen-bond donors (Lipinski definition) is 0. The summed E-state index contributed by atoms with van der Waals surface area (Å²) in [5.41, 5.74) is -0.00734. The molecule has 0 atom stereocenters. The first-order valence-corrected chi connectivity index (χ1v) is 5.92. The molecule has 0 aliphatic carbocycles. The number of aromatic nitrogens is 1. The summed E-state index contributed by atoms with van der Waals surface area (Å²) in [5, 5.41) is 0. The molecule has 4 nitrogen and oxygen atoms in total. The van der Waals surface area contributed by atoms with Crippen LogP contribution in [-0.2, 0) is 4.74 Å². The average Bonchev–Trinajstić information content (AvgIpc) is 2.22. The van der Waals surface area contributed by atoms with Gasteiger partial charge in [0.2, 0.25) is 5.88 Å². The number of pyridine rings is 1. The highest BCUT2D eigenvalue weighted by Crippen LogP contribution is 2.27. The fourth-order valence-electron chi connectivity index (χ4n) is 1.07. The second-order valence-corrected chi connectivity index (χ2v) is 4.35. The molecule has 0 aromatic carbocycles. The number of rotatable bonds is 3. The van der Waals surface area contributed by atoms with E-state index in [9.17, 15) is 18.0 Å². The Morgan fingerprint density at radius 2 is 2.11 bits per heavy atom. The molecule has 1 aromatic rings. The van der Waals surface area contributed by atoms with Crippen molar-refractivity contribution in [1.29, 1.82) is 0 Å². The van der Waals surface area contributed by atoms with Crippen molar-refractivity contribution in [2.75, 3.05) is 6.61 Å². The van der Waals surface area contributed by atoms with Gasteiger partial charge < -0.3 is 9.47 Å². The molecule has 1 rings (SSSR count). The van der Waals surface area contributed by atoms with E-state index in [4.69, 9.17) is 0 Å². The highest BCUT2D eigenvalue weighted by atomic mass is 127. The van der Waals surface area contributed by atoms with Gasteiger partial charge in [-0.1, -0.05) is 0 Å². The van der Waals surface area contributed by atoms with E-state index in [-0.39, 0.29) is 17.9 Å². The Labute approximate surface area is 115 Å². The van der Waals surface area contributed by atoms with Crippen LogP contribution in [0.15, 0.2) is 6.07 Å². The van der Waals surface area contributed by atoms with E-state index in [2.05, 4.69) is 14.5 Å². The molecule has 0 aliphatic heterocycles. The predicted octanol–water partition coefficient (Wildman–Crippen LogP) is 3.07. The van der Waals surface area contributed by atoms with Gasteiger partial charge in [0.25, 0.3) is 0 Å². The van der Waals surface area contributed by atoms with Gasteiger partial charge in [0.1, 0.15) is 0 Å². The molecule has 100 valence electrons. The SMILES string of the molecule is CCOC(=O)c1cc(I)c(C)c(OC(F)(F)F)n1. The Balaban J connectivity index is 3.14. The summed E-state index contributed by atoms with van der Waals surface area (Å²) in [7, 11) is 0. The van der Waals surface area contributed by atoms with E-state index in [1.165, 1.54) is 13.0 Å². The molecular weight excluding hydrogens is 366 g/mol. The highest BCUT2D eigenvalue weighted by molar-refractivity contribution is 14.1. The third kappa shape index (κ3) is 4.00. The smallest absolute Gasteiger partial charge is 0.461 e. The first-order chi connectivity index (χ1) is 8.24. The highest BCUT2D eigenvalue weighted by Gasteiger charge is 2.33. The lowest BCUT2D eigenvalue weighted by Crippen LogP contribution is -2.20. The van der Waals surface area contributed by atoms with Crippen molar-refractivity contribution in [3.05, 3.63) is 20.9 Å². The van der Waals surface area contributed by atoms with Crippen molar-refractivity contribution in [1.82, 2.24) is 4.98 Å². The van der Waals surface area contributed by atoms with E-state index in [0.29, 0.717) is 3.57 Å². The van der Waals surface area contributed by atoms with Crippen LogP contribution in [0.1, 0.15) is 23.0 Å². The molecule has 1 aromatic heterocycles. The van der Waals surface area contributed by atoms with Crippen LogP contribution in [0.2, 0.25) is 0 Å². The lowest BCUT2D eigenvalue weighted by molar-refractivity contribution is -0.276. The van der Waals surface area contributed by atoms with Gasteiger partial charge in [0, 0.05) is 9.13 Å². The first kappa shape index (κ1) is 15.0. The third-order valence-electron chi connectivity index (χ3n) is 1.86. The minimum atomic E-state index is -4.85. The van der Waals surface area contributed by atoms with Gasteiger partial charge >= 0.3 is 12.3 Å². The molecule has 0 saturated heterocycles. The molecule has 0 spiro atoms. The molecule has 0 fully saturated rings. The Morgan fingerprint density at radius 1 is 1.50 bits per heavy atom. The van der Waals surface area contributed by atoms with E-state index in [0.717, 1.165) is 0 Å². The number of halogens is 4. The van der Waals surface area contributed by atoms with E-state index in [1.807, 2.05) is 0 Å². The van der Waals surface area contributed by atoms with Crippen LogP contribution in [0.3, 0.4) is 0 Å². The van der Waals surface area contributed by atoms with Crippen molar-refractivity contribution < 1.29 is 27.4 Å². The van der Waals surface area contributed by atoms with Gasteiger partial charge in [0.15, 0.2) is 5.69 Å². The Hall–Kier alpha value is -1.06. The topological polar surface area (TPSA) is 48.4 Å². The van der Waals surface area contributed by atoms with Crippen LogP contribution in [0, 0.1) is 10.5 Å². The lowest BCUT2D eigenvalue weighted by Gasteiger charge is -2.12. The number of ether oxygens (including phenoxy) is 2. The van der Waals surface area contributed by atoms with Gasteiger partial charge in [-0.15, -0.1) is 13.2 Å². The second-order valence-electron chi connectivity index (χ2n) is 3.19. The van der Waals surface area contributed by atoms with Crippen molar-refractivity contribution in [3.63, 3.8) is 0 Å². The first-order valence-electron chi connectivity index (χ1n) is 4.84. The summed E-state index contributed by atoms with van der Waals surface area (Å²) in [6.07, 6.45) is -4.85. The van der Waals surface area contributed by atoms with Crippen LogP contribution >= 0.6 is 22.6 Å². The summed E-state index contributed by atoms with van der Waals surface area (Å²) >= 11 is 1.79. The largest absolute Gasteiger partial charge is 0.574 e. The summed E-state index contributed by atoms with van der Waals surface area (Å²) in [5.74, 6) is -1.43. The van der Waals surface area contributed by atoms with Crippen LogP contribution in [0.4, 0.5) is 13.2 Å². The Morgan fingerprint density at radius 3 is 2.61 bits per heavy atom. The molecule has 0 amide bonds. The summed E-state index contributed by atoms with van der Waals surface area (Å²) in [6, 6.07) is 1.34. The minimum absolute atomic E-state index is 0.112.